The molecule has 5 nitrogen and oxygen atoms in total. The number of piperidine rings is 1. The molecule has 0 spiro atoms. The Bertz CT molecular complexity index is 342. The smallest absolute Gasteiger partial charge is 0.417 e. The van der Waals surface area contributed by atoms with Crippen molar-refractivity contribution in [2.45, 2.75) is 44.8 Å². The summed E-state index contributed by atoms with van der Waals surface area (Å²) in [5.41, 5.74) is -1.28. The maximum absolute atomic E-state index is 11.8. The van der Waals surface area contributed by atoms with Crippen molar-refractivity contribution in [2.75, 3.05) is 6.61 Å². The van der Waals surface area contributed by atoms with Gasteiger partial charge in [-0.15, -0.1) is 0 Å². The van der Waals surface area contributed by atoms with E-state index in [1.165, 1.54) is 0 Å². The fourth-order valence-corrected chi connectivity index (χ4v) is 2.31. The summed E-state index contributed by atoms with van der Waals surface area (Å²) in [5.74, 6) is -0.114. The fraction of sp³-hybridized carbons (Fsp3) is 0.818. The van der Waals surface area contributed by atoms with Crippen LogP contribution < -0.4 is 0 Å². The molecule has 1 N–H and O–H groups in total. The van der Waals surface area contributed by atoms with Crippen LogP contribution in [0.5, 0.6) is 0 Å². The highest BCUT2D eigenvalue weighted by Gasteiger charge is 2.67. The molecule has 1 heterocycles. The normalized spacial score (nSPS) is 32.6. The van der Waals surface area contributed by atoms with E-state index in [2.05, 4.69) is 0 Å². The third kappa shape index (κ3) is 1.59. The molecule has 2 rings (SSSR count). The van der Waals surface area contributed by atoms with Crippen LogP contribution in [0.25, 0.3) is 0 Å². The van der Waals surface area contributed by atoms with Gasteiger partial charge in [-0.1, -0.05) is 0 Å². The van der Waals surface area contributed by atoms with Gasteiger partial charge < -0.3 is 9.84 Å². The fourth-order valence-electron chi connectivity index (χ4n) is 2.31. The number of carbonyl (C=O) groups excluding carboxylic acids is 2. The second-order valence-corrected chi connectivity index (χ2v) is 5.58. The first kappa shape index (κ1) is 11.4. The molecule has 1 aliphatic carbocycles. The predicted octanol–water partition coefficient (Wildman–Crippen LogP) is 0.905. The van der Waals surface area contributed by atoms with Crippen LogP contribution in [0, 0.1) is 5.92 Å². The molecule has 0 aromatic carbocycles. The zero-order chi connectivity index (χ0) is 12.1. The number of carbonyl (C=O) groups is 2. The predicted molar refractivity (Wildman–Crippen MR) is 55.6 cm³/mol. The molecule has 16 heavy (non-hydrogen) atoms. The molecule has 2 atom stereocenters. The zero-order valence-corrected chi connectivity index (χ0v) is 9.82. The first-order chi connectivity index (χ1) is 7.30. The van der Waals surface area contributed by atoms with E-state index in [4.69, 9.17) is 4.74 Å². The van der Waals surface area contributed by atoms with Crippen molar-refractivity contribution in [3.8, 4) is 0 Å². The maximum atomic E-state index is 11.8. The molecule has 0 aromatic heterocycles. The van der Waals surface area contributed by atoms with Gasteiger partial charge in [0.15, 0.2) is 0 Å². The number of fused-ring (bicyclic) bond motifs is 1. The number of likely N-dealkylation sites (tertiary alicyclic amines) is 1. The monoisotopic (exact) mass is 227 g/mol. The van der Waals surface area contributed by atoms with E-state index in [1.807, 2.05) is 0 Å². The van der Waals surface area contributed by atoms with Crippen LogP contribution in [0.1, 0.15) is 33.6 Å². The topological polar surface area (TPSA) is 66.8 Å². The Kier molecular flexibility index (Phi) is 2.28. The summed E-state index contributed by atoms with van der Waals surface area (Å²) in [6, 6.07) is 0. The standard InChI is InChI=1S/C11H17NO4/c1-10(2,3)16-9(15)12-8(14)4-7-5-11(7,12)6-13/h7,13H,4-6H2,1-3H3/t7-,11+/m0/s1. The average Bonchev–Trinajstić information content (AvgIpc) is 2.70. The van der Waals surface area contributed by atoms with Crippen molar-refractivity contribution in [3.63, 3.8) is 0 Å². The molecule has 2 amide bonds. The van der Waals surface area contributed by atoms with E-state index in [9.17, 15) is 14.7 Å². The van der Waals surface area contributed by atoms with Crippen molar-refractivity contribution in [3.05, 3.63) is 0 Å². The lowest BCUT2D eigenvalue weighted by atomic mass is 10.2. The Morgan fingerprint density at radius 3 is 2.75 bits per heavy atom. The van der Waals surface area contributed by atoms with Gasteiger partial charge in [0.05, 0.1) is 12.1 Å². The molecular weight excluding hydrogens is 210 g/mol. The maximum Gasteiger partial charge on any atom is 0.417 e. The van der Waals surface area contributed by atoms with Crippen molar-refractivity contribution in [1.82, 2.24) is 4.90 Å². The minimum atomic E-state index is -0.653. The summed E-state index contributed by atoms with van der Waals surface area (Å²) in [5, 5.41) is 9.30. The van der Waals surface area contributed by atoms with Gasteiger partial charge >= 0.3 is 6.09 Å². The van der Waals surface area contributed by atoms with Crippen LogP contribution in [0.3, 0.4) is 0 Å². The lowest BCUT2D eigenvalue weighted by molar-refractivity contribution is -0.130. The molecule has 2 fully saturated rings. The molecule has 0 unspecified atom stereocenters. The molecule has 1 aliphatic heterocycles. The number of imide groups is 1. The molecule has 2 aliphatic rings. The van der Waals surface area contributed by atoms with Crippen molar-refractivity contribution in [1.29, 1.82) is 0 Å². The molecule has 1 saturated carbocycles. The SMILES string of the molecule is CC(C)(C)OC(=O)N1C(=O)C[C@H]2C[C@@]21CO. The largest absolute Gasteiger partial charge is 0.443 e. The van der Waals surface area contributed by atoms with Gasteiger partial charge in [-0.25, -0.2) is 9.69 Å². The number of hydrogen-bond acceptors (Lipinski definition) is 4. The van der Waals surface area contributed by atoms with E-state index in [1.54, 1.807) is 20.8 Å². The lowest BCUT2D eigenvalue weighted by Crippen LogP contribution is -2.47. The highest BCUT2D eigenvalue weighted by atomic mass is 16.6. The minimum absolute atomic E-state index is 0.123. The molecular formula is C11H17NO4. The van der Waals surface area contributed by atoms with E-state index >= 15 is 0 Å². The molecule has 1 saturated heterocycles. The van der Waals surface area contributed by atoms with Gasteiger partial charge in [-0.3, -0.25) is 4.79 Å². The Morgan fingerprint density at radius 1 is 1.62 bits per heavy atom. The quantitative estimate of drug-likeness (QED) is 0.723. The number of aliphatic hydroxyl groups is 1. The third-order valence-electron chi connectivity index (χ3n) is 3.17. The van der Waals surface area contributed by atoms with E-state index in [0.29, 0.717) is 12.8 Å². The van der Waals surface area contributed by atoms with Gasteiger partial charge in [-0.05, 0) is 33.1 Å². The lowest BCUT2D eigenvalue weighted by Gasteiger charge is -2.28. The summed E-state index contributed by atoms with van der Waals surface area (Å²) in [6.07, 6.45) is 0.417. The Morgan fingerprint density at radius 2 is 2.25 bits per heavy atom. The third-order valence-corrected chi connectivity index (χ3v) is 3.17. The summed E-state index contributed by atoms with van der Waals surface area (Å²) >= 11 is 0. The highest BCUT2D eigenvalue weighted by molar-refractivity contribution is 5.97. The van der Waals surface area contributed by atoms with E-state index in [0.717, 1.165) is 4.90 Å². The van der Waals surface area contributed by atoms with Crippen molar-refractivity contribution >= 4 is 12.0 Å². The first-order valence-electron chi connectivity index (χ1n) is 5.47. The number of ether oxygens (including phenoxy) is 1. The Labute approximate surface area is 94.4 Å². The number of nitrogens with zero attached hydrogens (tertiary/aromatic N) is 1. The molecule has 90 valence electrons. The van der Waals surface area contributed by atoms with Gasteiger partial charge in [0.1, 0.15) is 5.60 Å². The van der Waals surface area contributed by atoms with E-state index < -0.39 is 17.2 Å². The summed E-state index contributed by atoms with van der Waals surface area (Å²) in [6.45, 7) is 5.09. The van der Waals surface area contributed by atoms with Crippen LogP contribution in [-0.2, 0) is 9.53 Å². The number of amides is 2. The molecule has 0 radical (unpaired) electrons. The van der Waals surface area contributed by atoms with Crippen molar-refractivity contribution in [2.24, 2.45) is 5.92 Å². The van der Waals surface area contributed by atoms with Crippen LogP contribution in [0.4, 0.5) is 4.79 Å². The number of hydrogen-bond donors (Lipinski definition) is 1. The first-order valence-corrected chi connectivity index (χ1v) is 5.47. The van der Waals surface area contributed by atoms with Crippen LogP contribution in [0.15, 0.2) is 0 Å². The summed E-state index contributed by atoms with van der Waals surface area (Å²) in [4.78, 5) is 24.6. The zero-order valence-electron chi connectivity index (χ0n) is 9.82. The van der Waals surface area contributed by atoms with Crippen LogP contribution in [0.2, 0.25) is 0 Å². The van der Waals surface area contributed by atoms with Gasteiger partial charge in [0.25, 0.3) is 0 Å². The highest BCUT2D eigenvalue weighted by Crippen LogP contribution is 2.56. The van der Waals surface area contributed by atoms with Crippen LogP contribution >= 0.6 is 0 Å². The van der Waals surface area contributed by atoms with Crippen LogP contribution in [-0.4, -0.2) is 39.8 Å². The number of rotatable bonds is 1. The minimum Gasteiger partial charge on any atom is -0.443 e. The van der Waals surface area contributed by atoms with Gasteiger partial charge in [-0.2, -0.15) is 0 Å². The van der Waals surface area contributed by atoms with Crippen molar-refractivity contribution < 1.29 is 19.4 Å². The Hall–Kier alpha value is -1.10. The molecule has 0 bridgehead atoms. The molecule has 5 heteroatoms. The average molecular weight is 227 g/mol. The van der Waals surface area contributed by atoms with Gasteiger partial charge in [0.2, 0.25) is 5.91 Å². The second-order valence-electron chi connectivity index (χ2n) is 5.58. The Balaban J connectivity index is 2.14. The molecule has 0 aromatic rings. The second kappa shape index (κ2) is 3.20. The van der Waals surface area contributed by atoms with E-state index in [-0.39, 0.29) is 18.4 Å². The van der Waals surface area contributed by atoms with Gasteiger partial charge in [0, 0.05) is 6.42 Å². The summed E-state index contributed by atoms with van der Waals surface area (Å²) in [7, 11) is 0. The number of aliphatic hydroxyl groups excluding tert-OH is 1. The summed E-state index contributed by atoms with van der Waals surface area (Å²) < 4.78 is 5.17.